The van der Waals surface area contributed by atoms with Gasteiger partial charge in [0, 0.05) is 12.8 Å². The van der Waals surface area contributed by atoms with E-state index < -0.39 is 12.3 Å². The van der Waals surface area contributed by atoms with E-state index in [-0.39, 0.29) is 18.2 Å². The zero-order valence-corrected chi connectivity index (χ0v) is 12.1. The summed E-state index contributed by atoms with van der Waals surface area (Å²) in [6.07, 6.45) is 2.08. The molecule has 0 spiro atoms. The maximum Gasteiger partial charge on any atom is 0.503 e. The van der Waals surface area contributed by atoms with Gasteiger partial charge in [0.2, 0.25) is 5.91 Å². The van der Waals surface area contributed by atoms with Crippen LogP contribution in [0, 0.1) is 29.6 Å². The van der Waals surface area contributed by atoms with Crippen molar-refractivity contribution < 1.29 is 29.3 Å². The van der Waals surface area contributed by atoms with E-state index in [1.165, 1.54) is 0 Å². The molecule has 2 amide bonds. The molecule has 3 N–H and O–H groups in total. The lowest BCUT2D eigenvalue weighted by molar-refractivity contribution is -0.130. The van der Waals surface area contributed by atoms with Crippen LogP contribution in [0.15, 0.2) is 0 Å². The SMILES string of the molecule is O=C(O)O.O=C1CC(OCC2[C@H]3CCC#CCC[C@@H]23)C(=O)N1. The van der Waals surface area contributed by atoms with Crippen LogP contribution in [0.25, 0.3) is 0 Å². The largest absolute Gasteiger partial charge is 0.503 e. The van der Waals surface area contributed by atoms with Gasteiger partial charge < -0.3 is 14.9 Å². The first-order valence-corrected chi connectivity index (χ1v) is 7.32. The molecule has 1 aliphatic heterocycles. The molecule has 0 aromatic carbocycles. The molecule has 120 valence electrons. The molecule has 0 aromatic heterocycles. The molecule has 0 aromatic rings. The minimum absolute atomic E-state index is 0.185. The molecule has 3 rings (SSSR count). The van der Waals surface area contributed by atoms with Gasteiger partial charge in [-0.15, -0.1) is 11.8 Å². The fraction of sp³-hybridized carbons (Fsp3) is 0.667. The van der Waals surface area contributed by atoms with Crippen LogP contribution in [0.4, 0.5) is 4.79 Å². The summed E-state index contributed by atoms with van der Waals surface area (Å²) in [5.41, 5.74) is 0. The normalized spacial score (nSPS) is 32.2. The second kappa shape index (κ2) is 7.27. The highest BCUT2D eigenvalue weighted by molar-refractivity contribution is 6.04. The van der Waals surface area contributed by atoms with Crippen molar-refractivity contribution in [1.29, 1.82) is 0 Å². The van der Waals surface area contributed by atoms with Crippen molar-refractivity contribution in [1.82, 2.24) is 5.32 Å². The third-order valence-corrected chi connectivity index (χ3v) is 4.25. The van der Waals surface area contributed by atoms with Gasteiger partial charge in [-0.3, -0.25) is 14.9 Å². The zero-order valence-electron chi connectivity index (χ0n) is 12.1. The fourth-order valence-electron chi connectivity index (χ4n) is 3.17. The van der Waals surface area contributed by atoms with E-state index in [1.54, 1.807) is 0 Å². The van der Waals surface area contributed by atoms with Crippen LogP contribution < -0.4 is 5.32 Å². The summed E-state index contributed by atoms with van der Waals surface area (Å²) < 4.78 is 5.61. The van der Waals surface area contributed by atoms with Gasteiger partial charge in [0.15, 0.2) is 0 Å². The minimum atomic E-state index is -1.83. The van der Waals surface area contributed by atoms with Crippen LogP contribution in [0.3, 0.4) is 0 Å². The highest BCUT2D eigenvalue weighted by atomic mass is 16.6. The molecule has 1 saturated carbocycles. The molecular formula is C15H19NO6. The molecule has 0 bridgehead atoms. The van der Waals surface area contributed by atoms with Crippen LogP contribution in [-0.4, -0.2) is 40.9 Å². The van der Waals surface area contributed by atoms with Gasteiger partial charge in [-0.25, -0.2) is 4.79 Å². The van der Waals surface area contributed by atoms with Crippen molar-refractivity contribution in [2.45, 2.75) is 38.2 Å². The molecule has 2 aliphatic carbocycles. The minimum Gasteiger partial charge on any atom is -0.450 e. The Bertz CT molecular complexity index is 498. The number of fused-ring (bicyclic) bond motifs is 1. The number of carbonyl (C=O) groups is 3. The number of rotatable bonds is 3. The number of amides is 2. The summed E-state index contributed by atoms with van der Waals surface area (Å²) in [6.45, 7) is 0.612. The van der Waals surface area contributed by atoms with E-state index in [0.717, 1.165) is 37.5 Å². The average Bonchev–Trinajstić information content (AvgIpc) is 2.91. The summed E-state index contributed by atoms with van der Waals surface area (Å²) in [7, 11) is 0. The molecule has 7 heteroatoms. The van der Waals surface area contributed by atoms with Crippen molar-refractivity contribution in [2.75, 3.05) is 6.61 Å². The molecule has 2 fully saturated rings. The Morgan fingerprint density at radius 2 is 1.73 bits per heavy atom. The second-order valence-electron chi connectivity index (χ2n) is 5.64. The molecule has 1 saturated heterocycles. The highest BCUT2D eigenvalue weighted by Crippen LogP contribution is 2.52. The first-order chi connectivity index (χ1) is 10.5. The number of ether oxygens (including phenoxy) is 1. The Labute approximate surface area is 128 Å². The van der Waals surface area contributed by atoms with Crippen molar-refractivity contribution in [3.63, 3.8) is 0 Å². The molecular weight excluding hydrogens is 290 g/mol. The topological polar surface area (TPSA) is 113 Å². The number of hydrogen-bond acceptors (Lipinski definition) is 4. The first-order valence-electron chi connectivity index (χ1n) is 7.32. The van der Waals surface area contributed by atoms with Gasteiger partial charge in [-0.2, -0.15) is 0 Å². The molecule has 0 radical (unpaired) electrons. The van der Waals surface area contributed by atoms with E-state index in [0.29, 0.717) is 12.5 Å². The van der Waals surface area contributed by atoms with Crippen molar-refractivity contribution in [2.24, 2.45) is 17.8 Å². The van der Waals surface area contributed by atoms with Gasteiger partial charge >= 0.3 is 6.16 Å². The van der Waals surface area contributed by atoms with E-state index in [2.05, 4.69) is 17.2 Å². The summed E-state index contributed by atoms with van der Waals surface area (Å²) in [5, 5.41) is 16.2. The lowest BCUT2D eigenvalue weighted by Crippen LogP contribution is -2.27. The lowest BCUT2D eigenvalue weighted by atomic mass is 10.1. The predicted molar refractivity (Wildman–Crippen MR) is 74.9 cm³/mol. The Hall–Kier alpha value is -2.07. The van der Waals surface area contributed by atoms with Crippen LogP contribution in [0.5, 0.6) is 0 Å². The molecule has 3 aliphatic rings. The monoisotopic (exact) mass is 309 g/mol. The average molecular weight is 309 g/mol. The quantitative estimate of drug-likeness (QED) is 0.531. The van der Waals surface area contributed by atoms with E-state index in [9.17, 15) is 9.59 Å². The summed E-state index contributed by atoms with van der Waals surface area (Å²) in [6, 6.07) is 0. The maximum absolute atomic E-state index is 11.4. The predicted octanol–water partition coefficient (Wildman–Crippen LogP) is 1.08. The number of nitrogens with one attached hydrogen (secondary N) is 1. The Morgan fingerprint density at radius 3 is 2.18 bits per heavy atom. The van der Waals surface area contributed by atoms with Gasteiger partial charge in [-0.05, 0) is 30.6 Å². The van der Waals surface area contributed by atoms with E-state index in [4.69, 9.17) is 19.7 Å². The molecule has 22 heavy (non-hydrogen) atoms. The fourth-order valence-corrected chi connectivity index (χ4v) is 3.17. The zero-order chi connectivity index (χ0) is 16.1. The van der Waals surface area contributed by atoms with Crippen molar-refractivity contribution in [3.8, 4) is 11.8 Å². The third kappa shape index (κ3) is 4.46. The molecule has 7 nitrogen and oxygen atoms in total. The van der Waals surface area contributed by atoms with Gasteiger partial charge in [0.25, 0.3) is 5.91 Å². The van der Waals surface area contributed by atoms with E-state index >= 15 is 0 Å². The van der Waals surface area contributed by atoms with E-state index in [1.807, 2.05) is 0 Å². The number of carbonyl (C=O) groups excluding carboxylic acids is 2. The van der Waals surface area contributed by atoms with Gasteiger partial charge in [-0.1, -0.05) is 0 Å². The number of hydrogen-bond donors (Lipinski definition) is 3. The van der Waals surface area contributed by atoms with Crippen LogP contribution in [-0.2, 0) is 14.3 Å². The number of carboxylic acid groups (broad SMARTS) is 2. The van der Waals surface area contributed by atoms with Crippen molar-refractivity contribution >= 4 is 18.0 Å². The standard InChI is InChI=1S/C14H17NO3.CH2O3/c16-13-7-12(14(17)15-13)18-8-11-9-5-3-1-2-4-6-10(9)11;2-1(3)4/h9-12H,3-8H2,(H,15,16,17);(H2,2,3,4)/t9-,10+,11?,12?;. The van der Waals surface area contributed by atoms with Gasteiger partial charge in [0.05, 0.1) is 13.0 Å². The molecule has 2 unspecified atom stereocenters. The third-order valence-electron chi connectivity index (χ3n) is 4.25. The van der Waals surface area contributed by atoms with Crippen LogP contribution in [0.2, 0.25) is 0 Å². The van der Waals surface area contributed by atoms with Gasteiger partial charge in [0.1, 0.15) is 6.10 Å². The summed E-state index contributed by atoms with van der Waals surface area (Å²) in [4.78, 5) is 31.0. The van der Waals surface area contributed by atoms with Crippen LogP contribution >= 0.6 is 0 Å². The maximum atomic E-state index is 11.4. The summed E-state index contributed by atoms with van der Waals surface area (Å²) >= 11 is 0. The second-order valence-corrected chi connectivity index (χ2v) is 5.64. The van der Waals surface area contributed by atoms with Crippen molar-refractivity contribution in [3.05, 3.63) is 0 Å². The molecule has 4 atom stereocenters. The van der Waals surface area contributed by atoms with Crippen LogP contribution in [0.1, 0.15) is 32.1 Å². The highest BCUT2D eigenvalue weighted by Gasteiger charge is 2.49. The Morgan fingerprint density at radius 1 is 1.18 bits per heavy atom. The summed E-state index contributed by atoms with van der Waals surface area (Å²) in [5.74, 6) is 7.86. The Balaban J connectivity index is 0.000000396. The Kier molecular flexibility index (Phi) is 5.39. The molecule has 1 heterocycles. The first kappa shape index (κ1) is 16.3. The smallest absolute Gasteiger partial charge is 0.450 e. The number of imide groups is 1. The lowest BCUT2D eigenvalue weighted by Gasteiger charge is -2.07.